The van der Waals surface area contributed by atoms with E-state index in [-0.39, 0.29) is 29.0 Å². The minimum absolute atomic E-state index is 0.157. The van der Waals surface area contributed by atoms with E-state index in [4.69, 9.17) is 12.6 Å². The van der Waals surface area contributed by atoms with Crippen LogP contribution in [0.1, 0.15) is 34.9 Å². The van der Waals surface area contributed by atoms with Crippen LogP contribution in [0.25, 0.3) is 0 Å². The molecule has 0 radical (unpaired) electrons. The van der Waals surface area contributed by atoms with Gasteiger partial charge in [0.25, 0.3) is 0 Å². The lowest BCUT2D eigenvalue weighted by atomic mass is 10.0. The van der Waals surface area contributed by atoms with Crippen molar-refractivity contribution in [1.29, 1.82) is 0 Å². The van der Waals surface area contributed by atoms with Gasteiger partial charge in [-0.05, 0) is 35.2 Å². The summed E-state index contributed by atoms with van der Waals surface area (Å²) in [5.41, 5.74) is 3.63. The van der Waals surface area contributed by atoms with Gasteiger partial charge in [-0.2, -0.15) is 12.6 Å². The number of nitrogens with one attached hydrogen (secondary N) is 1. The van der Waals surface area contributed by atoms with Crippen molar-refractivity contribution >= 4 is 30.3 Å². The Bertz CT molecular complexity index is 1030. The molecule has 3 aliphatic rings. The van der Waals surface area contributed by atoms with Crippen molar-refractivity contribution < 1.29 is 14.0 Å². The van der Waals surface area contributed by atoms with Crippen molar-refractivity contribution in [3.63, 3.8) is 0 Å². The molecule has 1 aromatic heterocycles. The summed E-state index contributed by atoms with van der Waals surface area (Å²) < 4.78 is 13.1. The van der Waals surface area contributed by atoms with Crippen LogP contribution in [0.15, 0.2) is 36.5 Å². The number of carbonyl (C=O) groups is 2. The fourth-order valence-electron chi connectivity index (χ4n) is 4.90. The molecule has 7 nitrogen and oxygen atoms in total. The number of carbonyl (C=O) groups excluding carboxylic acids is 2. The number of benzene rings is 1. The maximum absolute atomic E-state index is 13.1. The van der Waals surface area contributed by atoms with E-state index in [1.165, 1.54) is 23.4 Å². The third kappa shape index (κ3) is 4.12. The average molecular weight is 456 g/mol. The van der Waals surface area contributed by atoms with Crippen molar-refractivity contribution in [2.45, 2.75) is 37.3 Å². The number of imide groups is 1. The molecule has 2 unspecified atom stereocenters. The maximum atomic E-state index is 13.1. The molecule has 2 atom stereocenters. The van der Waals surface area contributed by atoms with Crippen LogP contribution in [-0.2, 0) is 22.7 Å². The number of piperidine rings is 1. The van der Waals surface area contributed by atoms with Crippen molar-refractivity contribution in [2.75, 3.05) is 31.1 Å². The van der Waals surface area contributed by atoms with Crippen molar-refractivity contribution in [3.8, 4) is 0 Å². The largest absolute Gasteiger partial charge is 0.354 e. The SMILES string of the molecule is O=C1CCC(N2Cc3c(CN4CCN(c5ccc(F)cn5)CC4)cccc3C2S)C(=O)N1. The van der Waals surface area contributed by atoms with Crippen molar-refractivity contribution in [2.24, 2.45) is 0 Å². The number of halogens is 1. The Kier molecular flexibility index (Phi) is 5.88. The molecule has 2 aromatic rings. The number of pyridine rings is 1. The van der Waals surface area contributed by atoms with Crippen LogP contribution >= 0.6 is 12.6 Å². The van der Waals surface area contributed by atoms with Gasteiger partial charge in [0.2, 0.25) is 11.8 Å². The second kappa shape index (κ2) is 8.80. The average Bonchev–Trinajstić information content (AvgIpc) is 3.12. The zero-order valence-electron chi connectivity index (χ0n) is 17.7. The number of nitrogens with zero attached hydrogens (tertiary/aromatic N) is 4. The van der Waals surface area contributed by atoms with E-state index in [9.17, 15) is 14.0 Å². The summed E-state index contributed by atoms with van der Waals surface area (Å²) in [5.74, 6) is 0.0677. The van der Waals surface area contributed by atoms with Gasteiger partial charge in [-0.1, -0.05) is 18.2 Å². The predicted octanol–water partition coefficient (Wildman–Crippen LogP) is 2.09. The van der Waals surface area contributed by atoms with E-state index in [1.54, 1.807) is 6.07 Å². The normalized spacial score (nSPS) is 24.5. The number of amides is 2. The third-order valence-corrected chi connectivity index (χ3v) is 7.23. The molecule has 0 bridgehead atoms. The number of hydrogen-bond donors (Lipinski definition) is 2. The molecule has 32 heavy (non-hydrogen) atoms. The van der Waals surface area contributed by atoms with Gasteiger partial charge in [-0.15, -0.1) is 0 Å². The smallest absolute Gasteiger partial charge is 0.243 e. The fourth-order valence-corrected chi connectivity index (χ4v) is 5.38. The predicted molar refractivity (Wildman–Crippen MR) is 122 cm³/mol. The first-order chi connectivity index (χ1) is 15.5. The third-order valence-electron chi connectivity index (χ3n) is 6.65. The van der Waals surface area contributed by atoms with Gasteiger partial charge in [0.15, 0.2) is 0 Å². The van der Waals surface area contributed by atoms with Crippen LogP contribution in [0, 0.1) is 5.82 Å². The zero-order valence-corrected chi connectivity index (χ0v) is 18.6. The number of aromatic nitrogens is 1. The Balaban J connectivity index is 1.25. The molecule has 2 saturated heterocycles. The van der Waals surface area contributed by atoms with Gasteiger partial charge in [0.1, 0.15) is 11.6 Å². The molecule has 2 fully saturated rings. The summed E-state index contributed by atoms with van der Waals surface area (Å²) in [4.78, 5) is 34.8. The number of thiol groups is 1. The standard InChI is InChI=1S/C23H26FN5O2S/c24-16-4-6-20(25-12-16)28-10-8-27(9-11-28)13-15-2-1-3-17-18(15)14-29(23(17)32)19-5-7-21(30)26-22(19)31/h1-4,6,12,19,23,32H,5,7-11,13-14H2,(H,26,30,31). The van der Waals surface area contributed by atoms with Gasteiger partial charge >= 0.3 is 0 Å². The van der Waals surface area contributed by atoms with Crippen molar-refractivity contribution in [1.82, 2.24) is 20.1 Å². The molecule has 1 aromatic carbocycles. The van der Waals surface area contributed by atoms with Gasteiger partial charge < -0.3 is 4.90 Å². The number of piperazine rings is 1. The van der Waals surface area contributed by atoms with Gasteiger partial charge in [0.05, 0.1) is 17.6 Å². The van der Waals surface area contributed by atoms with Gasteiger partial charge in [-0.3, -0.25) is 24.7 Å². The van der Waals surface area contributed by atoms with E-state index in [0.29, 0.717) is 19.4 Å². The van der Waals surface area contributed by atoms with Crippen molar-refractivity contribution in [3.05, 3.63) is 59.0 Å². The summed E-state index contributed by atoms with van der Waals surface area (Å²) in [5, 5.41) is 2.31. The topological polar surface area (TPSA) is 68.8 Å². The van der Waals surface area contributed by atoms with E-state index in [1.807, 2.05) is 0 Å². The Hall–Kier alpha value is -2.49. The van der Waals surface area contributed by atoms with E-state index in [2.05, 4.69) is 43.2 Å². The summed E-state index contributed by atoms with van der Waals surface area (Å²) in [6.45, 7) is 4.95. The second-order valence-electron chi connectivity index (χ2n) is 8.60. The molecule has 2 amide bonds. The summed E-state index contributed by atoms with van der Waals surface area (Å²) >= 11 is 4.82. The molecule has 0 saturated carbocycles. The highest BCUT2D eigenvalue weighted by Gasteiger charge is 2.39. The number of hydrogen-bond acceptors (Lipinski definition) is 7. The van der Waals surface area contributed by atoms with Crippen LogP contribution in [0.3, 0.4) is 0 Å². The molecule has 9 heteroatoms. The highest BCUT2D eigenvalue weighted by atomic mass is 32.1. The molecule has 1 N–H and O–H groups in total. The monoisotopic (exact) mass is 455 g/mol. The minimum Gasteiger partial charge on any atom is -0.354 e. The van der Waals surface area contributed by atoms with E-state index >= 15 is 0 Å². The highest BCUT2D eigenvalue weighted by molar-refractivity contribution is 7.80. The maximum Gasteiger partial charge on any atom is 0.243 e. The number of rotatable bonds is 4. The van der Waals surface area contributed by atoms with E-state index in [0.717, 1.165) is 44.1 Å². The Morgan fingerprint density at radius 1 is 1.12 bits per heavy atom. The first kappa shape index (κ1) is 21.4. The van der Waals surface area contributed by atoms with Crippen LogP contribution in [0.5, 0.6) is 0 Å². The zero-order chi connectivity index (χ0) is 22.2. The first-order valence-electron chi connectivity index (χ1n) is 11.0. The van der Waals surface area contributed by atoms with E-state index < -0.39 is 0 Å². The number of anilines is 1. The molecule has 3 aliphatic heterocycles. The van der Waals surface area contributed by atoms with Crippen LogP contribution in [0.4, 0.5) is 10.2 Å². The fraction of sp³-hybridized carbons (Fsp3) is 0.435. The second-order valence-corrected chi connectivity index (χ2v) is 9.08. The molecule has 0 spiro atoms. The molecule has 5 rings (SSSR count). The summed E-state index contributed by atoms with van der Waals surface area (Å²) in [7, 11) is 0. The molecular weight excluding hydrogens is 429 g/mol. The van der Waals surface area contributed by atoms with Crippen LogP contribution in [0.2, 0.25) is 0 Å². The Morgan fingerprint density at radius 3 is 2.66 bits per heavy atom. The molecule has 0 aliphatic carbocycles. The lowest BCUT2D eigenvalue weighted by molar-refractivity contribution is -0.137. The van der Waals surface area contributed by atoms with Gasteiger partial charge in [-0.25, -0.2) is 9.37 Å². The Morgan fingerprint density at radius 2 is 1.94 bits per heavy atom. The lowest BCUT2D eigenvalue weighted by Gasteiger charge is -2.35. The quantitative estimate of drug-likeness (QED) is 0.544. The Labute approximate surface area is 192 Å². The lowest BCUT2D eigenvalue weighted by Crippen LogP contribution is -2.51. The summed E-state index contributed by atoms with van der Waals surface area (Å²) in [6, 6.07) is 9.14. The van der Waals surface area contributed by atoms with Gasteiger partial charge in [0, 0.05) is 45.7 Å². The molecule has 168 valence electrons. The molecular formula is C23H26FN5O2S. The highest BCUT2D eigenvalue weighted by Crippen LogP contribution is 2.40. The number of fused-ring (bicyclic) bond motifs is 1. The molecule has 4 heterocycles. The summed E-state index contributed by atoms with van der Waals surface area (Å²) in [6.07, 6.45) is 2.16. The van der Waals surface area contributed by atoms with Crippen LogP contribution < -0.4 is 10.2 Å². The minimum atomic E-state index is -0.331. The first-order valence-corrected chi connectivity index (χ1v) is 11.5. The van der Waals surface area contributed by atoms with Crippen LogP contribution in [-0.4, -0.2) is 58.8 Å².